The number of rotatable bonds is 9. The Morgan fingerprint density at radius 1 is 0.939 bits per heavy atom. The van der Waals surface area contributed by atoms with Crippen LogP contribution in [-0.2, 0) is 13.2 Å². The van der Waals surface area contributed by atoms with Crippen molar-refractivity contribution in [2.24, 2.45) is 5.92 Å². The second-order valence-electron chi connectivity index (χ2n) is 7.82. The molecule has 1 aliphatic rings. The average Bonchev–Trinajstić information content (AvgIpc) is 2.84. The second kappa shape index (κ2) is 10.2. The highest BCUT2D eigenvalue weighted by molar-refractivity contribution is 5.78. The maximum Gasteiger partial charge on any atom is 0.143 e. The van der Waals surface area contributed by atoms with Gasteiger partial charge in [0, 0.05) is 31.4 Å². The summed E-state index contributed by atoms with van der Waals surface area (Å²) >= 11 is 0. The Labute approximate surface area is 194 Å². The van der Waals surface area contributed by atoms with Crippen molar-refractivity contribution in [3.05, 3.63) is 66.0 Å². The van der Waals surface area contributed by atoms with E-state index in [1.807, 2.05) is 42.5 Å². The third-order valence-corrected chi connectivity index (χ3v) is 5.74. The molecule has 1 aromatic heterocycles. The fourth-order valence-electron chi connectivity index (χ4n) is 4.02. The molecule has 0 bridgehead atoms. The number of ether oxygens (including phenoxy) is 4. The fraction of sp³-hybridized carbons (Fsp3) is 0.308. The molecule has 0 N–H and O–H groups in total. The van der Waals surface area contributed by atoms with Gasteiger partial charge in [0.1, 0.15) is 35.3 Å². The van der Waals surface area contributed by atoms with E-state index >= 15 is 0 Å². The van der Waals surface area contributed by atoms with Gasteiger partial charge in [0.25, 0.3) is 0 Å². The quantitative estimate of drug-likeness (QED) is 0.486. The predicted octanol–water partition coefficient (Wildman–Crippen LogP) is 4.31. The lowest BCUT2D eigenvalue weighted by molar-refractivity contribution is 0.124. The molecule has 3 aromatic rings. The Morgan fingerprint density at radius 3 is 2.30 bits per heavy atom. The first-order valence-corrected chi connectivity index (χ1v) is 10.7. The van der Waals surface area contributed by atoms with Crippen LogP contribution in [-0.4, -0.2) is 44.3 Å². The summed E-state index contributed by atoms with van der Waals surface area (Å²) in [7, 11) is 4.93. The van der Waals surface area contributed by atoms with Gasteiger partial charge < -0.3 is 18.9 Å². The van der Waals surface area contributed by atoms with Gasteiger partial charge in [-0.05, 0) is 42.0 Å². The van der Waals surface area contributed by atoms with Crippen molar-refractivity contribution in [3.63, 3.8) is 0 Å². The lowest BCUT2D eigenvalue weighted by Gasteiger charge is -2.35. The minimum absolute atomic E-state index is 0.0876. The molecule has 0 spiro atoms. The molecule has 1 saturated heterocycles. The Balaban J connectivity index is 1.66. The van der Waals surface area contributed by atoms with E-state index in [1.54, 1.807) is 27.5 Å². The van der Waals surface area contributed by atoms with Crippen LogP contribution in [0.25, 0.3) is 11.1 Å². The van der Waals surface area contributed by atoms with Crippen LogP contribution in [0.2, 0.25) is 0 Å². The molecule has 33 heavy (non-hydrogen) atoms. The van der Waals surface area contributed by atoms with Gasteiger partial charge in [0.05, 0.1) is 38.9 Å². The highest BCUT2D eigenvalue weighted by atomic mass is 16.5. The van der Waals surface area contributed by atoms with Gasteiger partial charge in [-0.15, -0.1) is 0 Å². The van der Waals surface area contributed by atoms with E-state index in [2.05, 4.69) is 22.0 Å². The van der Waals surface area contributed by atoms with E-state index < -0.39 is 0 Å². The minimum Gasteiger partial charge on any atom is -0.496 e. The second-order valence-corrected chi connectivity index (χ2v) is 7.82. The molecule has 4 rings (SSSR count). The third-order valence-electron chi connectivity index (χ3n) is 5.74. The number of aromatic nitrogens is 1. The topological polar surface area (TPSA) is 76.8 Å². The molecule has 170 valence electrons. The molecular formula is C26H27N3O4. The van der Waals surface area contributed by atoms with E-state index in [0.717, 1.165) is 52.7 Å². The minimum atomic E-state index is 0.0876. The van der Waals surface area contributed by atoms with Crippen molar-refractivity contribution in [2.45, 2.75) is 13.2 Å². The molecule has 7 heteroatoms. The first-order valence-electron chi connectivity index (χ1n) is 10.7. The van der Waals surface area contributed by atoms with Crippen molar-refractivity contribution in [1.82, 2.24) is 9.88 Å². The normalized spacial score (nSPS) is 13.6. The Kier molecular flexibility index (Phi) is 6.96. The summed E-state index contributed by atoms with van der Waals surface area (Å²) in [6.07, 6.45) is 1.72. The van der Waals surface area contributed by atoms with E-state index in [-0.39, 0.29) is 12.5 Å². The molecule has 0 atom stereocenters. The Bertz CT molecular complexity index is 1130. The Morgan fingerprint density at radius 2 is 1.64 bits per heavy atom. The van der Waals surface area contributed by atoms with Crippen LogP contribution in [0.1, 0.15) is 11.3 Å². The van der Waals surface area contributed by atoms with Crippen molar-refractivity contribution in [3.8, 4) is 40.2 Å². The largest absolute Gasteiger partial charge is 0.496 e. The summed E-state index contributed by atoms with van der Waals surface area (Å²) in [5, 5.41) is 9.14. The summed E-state index contributed by atoms with van der Waals surface area (Å²) in [6, 6.07) is 17.8. The SMILES string of the molecule is COc1cccnc1COc1ccc(-c2c(OC)cccc2OC)cc1CN1CC(C#N)C1. The lowest BCUT2D eigenvalue weighted by atomic mass is 9.97. The molecular weight excluding hydrogens is 418 g/mol. The van der Waals surface area contributed by atoms with Crippen LogP contribution >= 0.6 is 0 Å². The molecule has 1 aliphatic heterocycles. The highest BCUT2D eigenvalue weighted by Gasteiger charge is 2.27. The molecule has 7 nitrogen and oxygen atoms in total. The third kappa shape index (κ3) is 4.86. The van der Waals surface area contributed by atoms with Crippen LogP contribution in [0, 0.1) is 17.2 Å². The van der Waals surface area contributed by atoms with Gasteiger partial charge in [-0.1, -0.05) is 12.1 Å². The zero-order valence-electron chi connectivity index (χ0n) is 19.1. The number of methoxy groups -OCH3 is 3. The van der Waals surface area contributed by atoms with E-state index in [9.17, 15) is 0 Å². The number of hydrogen-bond acceptors (Lipinski definition) is 7. The molecule has 0 radical (unpaired) electrons. The van der Waals surface area contributed by atoms with Gasteiger partial charge in [-0.3, -0.25) is 9.88 Å². The van der Waals surface area contributed by atoms with Crippen molar-refractivity contribution in [2.75, 3.05) is 34.4 Å². The maximum atomic E-state index is 9.14. The predicted molar refractivity (Wildman–Crippen MR) is 124 cm³/mol. The Hall–Kier alpha value is -3.76. The fourth-order valence-corrected chi connectivity index (χ4v) is 4.02. The monoisotopic (exact) mass is 445 g/mol. The molecule has 2 aromatic carbocycles. The number of pyridine rings is 1. The van der Waals surface area contributed by atoms with Crippen molar-refractivity contribution < 1.29 is 18.9 Å². The smallest absolute Gasteiger partial charge is 0.143 e. The number of nitrogens with zero attached hydrogens (tertiary/aromatic N) is 3. The average molecular weight is 446 g/mol. The number of nitriles is 1. The standard InChI is InChI=1S/C26H27N3O4/c1-30-23-8-5-11-28-21(23)17-33-22-10-9-19(12-20(22)16-29-14-18(13-27)15-29)26-24(31-2)6-4-7-25(26)32-3/h4-12,18H,14-17H2,1-3H3. The zero-order valence-corrected chi connectivity index (χ0v) is 19.1. The van der Waals surface area contributed by atoms with Gasteiger partial charge in [-0.2, -0.15) is 5.26 Å². The van der Waals surface area contributed by atoms with Crippen LogP contribution in [0.4, 0.5) is 0 Å². The molecule has 0 unspecified atom stereocenters. The van der Waals surface area contributed by atoms with Crippen LogP contribution < -0.4 is 18.9 Å². The van der Waals surface area contributed by atoms with E-state index in [1.165, 1.54) is 0 Å². The number of likely N-dealkylation sites (tertiary alicyclic amines) is 1. The van der Waals surface area contributed by atoms with E-state index in [0.29, 0.717) is 12.3 Å². The number of benzene rings is 2. The summed E-state index contributed by atoms with van der Waals surface area (Å²) in [4.78, 5) is 6.62. The first kappa shape index (κ1) is 22.4. The number of hydrogen-bond donors (Lipinski definition) is 0. The van der Waals surface area contributed by atoms with Crippen molar-refractivity contribution >= 4 is 0 Å². The lowest BCUT2D eigenvalue weighted by Crippen LogP contribution is -2.45. The van der Waals surface area contributed by atoms with Gasteiger partial charge in [0.15, 0.2) is 0 Å². The van der Waals surface area contributed by atoms with Crippen LogP contribution in [0.5, 0.6) is 23.0 Å². The molecule has 0 amide bonds. The van der Waals surface area contributed by atoms with Gasteiger partial charge in [0.2, 0.25) is 0 Å². The van der Waals surface area contributed by atoms with Crippen LogP contribution in [0.3, 0.4) is 0 Å². The molecule has 0 saturated carbocycles. The summed E-state index contributed by atoms with van der Waals surface area (Å²) < 4.78 is 22.8. The maximum absolute atomic E-state index is 9.14. The summed E-state index contributed by atoms with van der Waals surface area (Å²) in [6.45, 7) is 2.48. The summed E-state index contributed by atoms with van der Waals surface area (Å²) in [5.41, 5.74) is 3.61. The molecule has 1 fully saturated rings. The van der Waals surface area contributed by atoms with Crippen LogP contribution in [0.15, 0.2) is 54.7 Å². The highest BCUT2D eigenvalue weighted by Crippen LogP contribution is 2.40. The summed E-state index contributed by atoms with van der Waals surface area (Å²) in [5.74, 6) is 3.01. The first-order chi connectivity index (χ1) is 16.2. The zero-order chi connectivity index (χ0) is 23.2. The van der Waals surface area contributed by atoms with Gasteiger partial charge in [-0.25, -0.2) is 0 Å². The van der Waals surface area contributed by atoms with E-state index in [4.69, 9.17) is 24.2 Å². The van der Waals surface area contributed by atoms with Gasteiger partial charge >= 0.3 is 0 Å². The molecule has 0 aliphatic carbocycles. The molecule has 2 heterocycles. The van der Waals surface area contributed by atoms with Crippen molar-refractivity contribution in [1.29, 1.82) is 5.26 Å².